The van der Waals surface area contributed by atoms with Gasteiger partial charge >= 0.3 is 5.97 Å². The molecule has 0 saturated heterocycles. The van der Waals surface area contributed by atoms with Crippen LogP contribution in [0.2, 0.25) is 0 Å². The van der Waals surface area contributed by atoms with Crippen molar-refractivity contribution in [1.29, 1.82) is 0 Å². The van der Waals surface area contributed by atoms with Crippen LogP contribution in [0.1, 0.15) is 56.6 Å². The predicted octanol–water partition coefficient (Wildman–Crippen LogP) is 1.31. The summed E-state index contributed by atoms with van der Waals surface area (Å²) in [6, 6.07) is 0. The maximum absolute atomic E-state index is 11.7. The quantitative estimate of drug-likeness (QED) is 0.706. The van der Waals surface area contributed by atoms with Gasteiger partial charge in [0.15, 0.2) is 0 Å². The molecule has 0 radical (unpaired) electrons. The van der Waals surface area contributed by atoms with Crippen molar-refractivity contribution in [2.45, 2.75) is 64.3 Å². The number of aliphatic carboxylic acids is 1. The summed E-state index contributed by atoms with van der Waals surface area (Å²) in [4.78, 5) is 22.0. The van der Waals surface area contributed by atoms with E-state index in [1.54, 1.807) is 0 Å². The smallest absolute Gasteiger partial charge is 0.303 e. The second-order valence-corrected chi connectivity index (χ2v) is 5.70. The highest BCUT2D eigenvalue weighted by Gasteiger charge is 2.14. The third kappa shape index (κ3) is 5.13. The fraction of sp³-hybridized carbons (Fsp3) is 0.733. The van der Waals surface area contributed by atoms with Crippen molar-refractivity contribution < 1.29 is 14.7 Å². The Labute approximate surface area is 130 Å². The first-order valence-electron chi connectivity index (χ1n) is 8.06. The molecule has 0 saturated carbocycles. The van der Waals surface area contributed by atoms with Gasteiger partial charge in [0.25, 0.3) is 0 Å². The molecule has 0 unspecified atom stereocenters. The minimum absolute atomic E-state index is 0.0269. The molecule has 0 fully saturated rings. The number of nitrogens with zero attached hydrogens (tertiary/aromatic N) is 3. The highest BCUT2D eigenvalue weighted by Crippen LogP contribution is 2.14. The maximum Gasteiger partial charge on any atom is 0.303 e. The predicted molar refractivity (Wildman–Crippen MR) is 80.4 cm³/mol. The van der Waals surface area contributed by atoms with E-state index in [0.29, 0.717) is 32.2 Å². The summed E-state index contributed by atoms with van der Waals surface area (Å²) in [7, 11) is 0. The van der Waals surface area contributed by atoms with Gasteiger partial charge in [-0.05, 0) is 25.7 Å². The minimum atomic E-state index is -0.812. The number of amides is 1. The summed E-state index contributed by atoms with van der Waals surface area (Å²) in [5, 5.41) is 19.9. The van der Waals surface area contributed by atoms with Gasteiger partial charge in [0.2, 0.25) is 5.91 Å². The average Bonchev–Trinajstić information content (AvgIpc) is 2.71. The molecule has 122 valence electrons. The molecule has 7 heteroatoms. The first kappa shape index (κ1) is 16.5. The SMILES string of the molecule is O=C(O)CCCCC(=O)NCCc1nnc2n1CCCCC2. The van der Waals surface area contributed by atoms with Crippen molar-refractivity contribution in [3.63, 3.8) is 0 Å². The Morgan fingerprint density at radius 2 is 1.95 bits per heavy atom. The Morgan fingerprint density at radius 3 is 2.77 bits per heavy atom. The van der Waals surface area contributed by atoms with Crippen LogP contribution in [0.4, 0.5) is 0 Å². The third-order valence-electron chi connectivity index (χ3n) is 3.90. The van der Waals surface area contributed by atoms with Gasteiger partial charge in [-0.2, -0.15) is 0 Å². The molecule has 0 bridgehead atoms. The number of fused-ring (bicyclic) bond motifs is 1. The molecule has 2 heterocycles. The fourth-order valence-corrected chi connectivity index (χ4v) is 2.69. The Morgan fingerprint density at radius 1 is 1.14 bits per heavy atom. The van der Waals surface area contributed by atoms with Gasteiger partial charge in [-0.25, -0.2) is 0 Å². The number of carboxylic acids is 1. The lowest BCUT2D eigenvalue weighted by atomic mass is 10.2. The topological polar surface area (TPSA) is 97.1 Å². The van der Waals surface area contributed by atoms with E-state index in [9.17, 15) is 9.59 Å². The molecule has 2 rings (SSSR count). The Kier molecular flexibility index (Phi) is 6.36. The Hall–Kier alpha value is -1.92. The zero-order valence-electron chi connectivity index (χ0n) is 12.9. The highest BCUT2D eigenvalue weighted by molar-refractivity contribution is 5.75. The number of aryl methyl sites for hydroxylation is 1. The largest absolute Gasteiger partial charge is 0.481 e. The molecule has 1 aromatic rings. The van der Waals surface area contributed by atoms with Gasteiger partial charge in [0.1, 0.15) is 11.6 Å². The van der Waals surface area contributed by atoms with E-state index in [1.807, 2.05) is 0 Å². The lowest BCUT2D eigenvalue weighted by Crippen LogP contribution is -2.26. The number of nitrogens with one attached hydrogen (secondary N) is 1. The second kappa shape index (κ2) is 8.51. The number of carbonyl (C=O) groups is 2. The van der Waals surface area contributed by atoms with E-state index in [-0.39, 0.29) is 12.3 Å². The van der Waals surface area contributed by atoms with Crippen LogP contribution in [-0.2, 0) is 29.0 Å². The van der Waals surface area contributed by atoms with Crippen molar-refractivity contribution >= 4 is 11.9 Å². The lowest BCUT2D eigenvalue weighted by molar-refractivity contribution is -0.137. The van der Waals surface area contributed by atoms with Crippen molar-refractivity contribution in [3.05, 3.63) is 11.6 Å². The molecule has 0 spiro atoms. The molecule has 7 nitrogen and oxygen atoms in total. The normalized spacial score (nSPS) is 14.2. The molecule has 0 aromatic carbocycles. The van der Waals surface area contributed by atoms with E-state index in [4.69, 9.17) is 5.11 Å². The highest BCUT2D eigenvalue weighted by atomic mass is 16.4. The summed E-state index contributed by atoms with van der Waals surface area (Å²) in [6.45, 7) is 1.52. The third-order valence-corrected chi connectivity index (χ3v) is 3.90. The van der Waals surface area contributed by atoms with Gasteiger partial charge in [0.05, 0.1) is 0 Å². The molecular formula is C15H24N4O3. The lowest BCUT2D eigenvalue weighted by Gasteiger charge is -2.08. The van der Waals surface area contributed by atoms with Crippen LogP contribution in [0.15, 0.2) is 0 Å². The van der Waals surface area contributed by atoms with E-state index >= 15 is 0 Å². The molecule has 1 aliphatic heterocycles. The number of hydrogen-bond donors (Lipinski definition) is 2. The fourth-order valence-electron chi connectivity index (χ4n) is 2.69. The van der Waals surface area contributed by atoms with Crippen molar-refractivity contribution in [3.8, 4) is 0 Å². The zero-order chi connectivity index (χ0) is 15.8. The number of carbonyl (C=O) groups excluding carboxylic acids is 1. The number of carboxylic acid groups (broad SMARTS) is 1. The van der Waals surface area contributed by atoms with Gasteiger partial charge < -0.3 is 15.0 Å². The monoisotopic (exact) mass is 308 g/mol. The Bertz CT molecular complexity index is 513. The van der Waals surface area contributed by atoms with Crippen LogP contribution in [-0.4, -0.2) is 38.3 Å². The van der Waals surface area contributed by atoms with Crippen LogP contribution in [0.25, 0.3) is 0 Å². The van der Waals surface area contributed by atoms with Gasteiger partial charge in [-0.1, -0.05) is 6.42 Å². The maximum atomic E-state index is 11.7. The second-order valence-electron chi connectivity index (χ2n) is 5.70. The van der Waals surface area contributed by atoms with Crippen LogP contribution in [0.3, 0.4) is 0 Å². The molecule has 2 N–H and O–H groups in total. The van der Waals surface area contributed by atoms with Crippen molar-refractivity contribution in [1.82, 2.24) is 20.1 Å². The van der Waals surface area contributed by atoms with Crippen LogP contribution < -0.4 is 5.32 Å². The molecule has 0 aliphatic carbocycles. The van der Waals surface area contributed by atoms with E-state index in [2.05, 4.69) is 20.1 Å². The summed E-state index contributed by atoms with van der Waals surface area (Å²) >= 11 is 0. The molecule has 22 heavy (non-hydrogen) atoms. The van der Waals surface area contributed by atoms with Crippen molar-refractivity contribution in [2.75, 3.05) is 6.54 Å². The average molecular weight is 308 g/mol. The van der Waals surface area contributed by atoms with E-state index in [1.165, 1.54) is 12.8 Å². The molecule has 1 amide bonds. The summed E-state index contributed by atoms with van der Waals surface area (Å²) < 4.78 is 2.19. The standard InChI is InChI=1S/C15H24N4O3/c20-14(7-3-4-8-15(21)22)16-10-9-13-18-17-12-6-2-1-5-11-19(12)13/h1-11H2,(H,16,20)(H,21,22). The molecule has 1 aromatic heterocycles. The molecule has 1 aliphatic rings. The Balaban J connectivity index is 1.67. The summed E-state index contributed by atoms with van der Waals surface area (Å²) in [5.41, 5.74) is 0. The summed E-state index contributed by atoms with van der Waals surface area (Å²) in [5.74, 6) is 1.17. The van der Waals surface area contributed by atoms with Crippen LogP contribution >= 0.6 is 0 Å². The van der Waals surface area contributed by atoms with Gasteiger partial charge in [0, 0.05) is 38.8 Å². The van der Waals surface area contributed by atoms with E-state index in [0.717, 1.165) is 31.0 Å². The molecular weight excluding hydrogens is 284 g/mol. The minimum Gasteiger partial charge on any atom is -0.481 e. The first-order chi connectivity index (χ1) is 10.7. The molecule has 0 atom stereocenters. The number of hydrogen-bond acceptors (Lipinski definition) is 4. The van der Waals surface area contributed by atoms with Crippen molar-refractivity contribution in [2.24, 2.45) is 0 Å². The number of rotatable bonds is 8. The van der Waals surface area contributed by atoms with Crippen LogP contribution in [0.5, 0.6) is 0 Å². The van der Waals surface area contributed by atoms with Gasteiger partial charge in [-0.15, -0.1) is 10.2 Å². The zero-order valence-corrected chi connectivity index (χ0v) is 12.9. The van der Waals surface area contributed by atoms with Crippen LogP contribution in [0, 0.1) is 0 Å². The van der Waals surface area contributed by atoms with Gasteiger partial charge in [-0.3, -0.25) is 9.59 Å². The summed E-state index contributed by atoms with van der Waals surface area (Å²) in [6.07, 6.45) is 6.90. The first-order valence-corrected chi connectivity index (χ1v) is 8.06. The number of unbranched alkanes of at least 4 members (excludes halogenated alkanes) is 1. The number of aromatic nitrogens is 3. The van der Waals surface area contributed by atoms with E-state index < -0.39 is 5.97 Å².